The van der Waals surface area contributed by atoms with Gasteiger partial charge in [-0.25, -0.2) is 4.79 Å². The normalized spacial score (nSPS) is 16.4. The Balaban J connectivity index is 1.58. The first-order valence-electron chi connectivity index (χ1n) is 37.7. The first kappa shape index (κ1) is 77.4. The highest BCUT2D eigenvalue weighted by atomic mass is 16.6. The average Bonchev–Trinajstić information content (AvgIpc) is 3.44. The van der Waals surface area contributed by atoms with Gasteiger partial charge in [0.05, 0.1) is 38.6 Å². The second-order valence-electron chi connectivity index (χ2n) is 26.4. The molecule has 1 N–H and O–H groups in total. The van der Waals surface area contributed by atoms with Gasteiger partial charge < -0.3 is 33.7 Å². The average molecular weight is 1200 g/mol. The van der Waals surface area contributed by atoms with E-state index in [1.165, 1.54) is 289 Å². The van der Waals surface area contributed by atoms with Gasteiger partial charge in [0.1, 0.15) is 17.6 Å². The van der Waals surface area contributed by atoms with Crippen molar-refractivity contribution in [3.63, 3.8) is 0 Å². The van der Waals surface area contributed by atoms with E-state index in [1.54, 1.807) is 7.11 Å². The van der Waals surface area contributed by atoms with E-state index in [1.807, 2.05) is 55.5 Å². The van der Waals surface area contributed by atoms with Crippen molar-refractivity contribution in [1.29, 1.82) is 0 Å². The summed E-state index contributed by atoms with van der Waals surface area (Å²) in [7, 11) is 1.66. The summed E-state index contributed by atoms with van der Waals surface area (Å²) in [6.07, 6.45) is 66.9. The standard InChI is InChI=1S/C78H139NO7/c1-6-10-13-16-19-22-25-28-31-34-37-40-43-46-49-52-63-83-74-66-69(68-86-73-61-57-71(58-62-73)76(79-78(80)82-9-4)70-55-59-72(81-5)60-56-70)67-75(84-64-53-50-47-44-41-38-35-32-29-26-23-20-17-14-11-7-2)77(74)85-65-54-51-48-45-42-39-36-33-30-27-24-21-18-15-12-8-3/h55-62,69,74-77H,6-54,63-68H2,1-5H3,(H,79,80). The van der Waals surface area contributed by atoms with Crippen LogP contribution < -0.4 is 14.8 Å². The molecule has 2 aromatic carbocycles. The summed E-state index contributed by atoms with van der Waals surface area (Å²) in [6, 6.07) is 15.6. The van der Waals surface area contributed by atoms with Crippen molar-refractivity contribution in [2.45, 2.75) is 373 Å². The molecule has 1 amide bonds. The van der Waals surface area contributed by atoms with Gasteiger partial charge in [-0.15, -0.1) is 0 Å². The Bertz CT molecular complexity index is 1690. The van der Waals surface area contributed by atoms with Gasteiger partial charge in [0, 0.05) is 19.8 Å². The molecule has 498 valence electrons. The second kappa shape index (κ2) is 57.4. The minimum atomic E-state index is -0.448. The predicted molar refractivity (Wildman–Crippen MR) is 368 cm³/mol. The van der Waals surface area contributed by atoms with Crippen LogP contribution in [0, 0.1) is 5.92 Å². The maximum absolute atomic E-state index is 12.7. The maximum atomic E-state index is 12.7. The number of amides is 1. The molecule has 1 aliphatic carbocycles. The van der Waals surface area contributed by atoms with Crippen LogP contribution in [0.2, 0.25) is 0 Å². The molecule has 0 saturated heterocycles. The molecule has 0 spiro atoms. The minimum Gasteiger partial charge on any atom is -0.497 e. The summed E-state index contributed by atoms with van der Waals surface area (Å²) in [4.78, 5) is 12.7. The summed E-state index contributed by atoms with van der Waals surface area (Å²) in [5.74, 6) is 1.86. The highest BCUT2D eigenvalue weighted by Crippen LogP contribution is 2.34. The van der Waals surface area contributed by atoms with Gasteiger partial charge >= 0.3 is 6.09 Å². The van der Waals surface area contributed by atoms with Crippen molar-refractivity contribution in [3.05, 3.63) is 59.7 Å². The first-order valence-corrected chi connectivity index (χ1v) is 37.7. The summed E-state index contributed by atoms with van der Waals surface area (Å²) in [5.41, 5.74) is 1.89. The van der Waals surface area contributed by atoms with Crippen molar-refractivity contribution >= 4 is 6.09 Å². The molecule has 0 bridgehead atoms. The number of rotatable bonds is 62. The lowest BCUT2D eigenvalue weighted by Crippen LogP contribution is -2.50. The van der Waals surface area contributed by atoms with E-state index in [0.717, 1.165) is 74.6 Å². The largest absolute Gasteiger partial charge is 0.497 e. The number of hydrogen-bond donors (Lipinski definition) is 1. The van der Waals surface area contributed by atoms with Gasteiger partial charge in [-0.05, 0) is 80.3 Å². The fourth-order valence-corrected chi connectivity index (χ4v) is 13.0. The van der Waals surface area contributed by atoms with E-state index < -0.39 is 6.09 Å². The van der Waals surface area contributed by atoms with Crippen molar-refractivity contribution in [3.8, 4) is 11.5 Å². The van der Waals surface area contributed by atoms with Crippen LogP contribution in [0.5, 0.6) is 11.5 Å². The number of benzene rings is 2. The molecule has 3 atom stereocenters. The van der Waals surface area contributed by atoms with E-state index in [0.29, 0.717) is 13.2 Å². The highest BCUT2D eigenvalue weighted by Gasteiger charge is 2.40. The van der Waals surface area contributed by atoms with Crippen molar-refractivity contribution in [2.24, 2.45) is 5.92 Å². The molecule has 0 aliphatic heterocycles. The van der Waals surface area contributed by atoms with Crippen LogP contribution in [0.15, 0.2) is 48.5 Å². The minimum absolute atomic E-state index is 0.0212. The van der Waals surface area contributed by atoms with E-state index in [4.69, 9.17) is 28.4 Å². The Morgan fingerprint density at radius 1 is 0.384 bits per heavy atom. The molecular weight excluding hydrogens is 1060 g/mol. The smallest absolute Gasteiger partial charge is 0.407 e. The molecule has 3 unspecified atom stereocenters. The molecule has 0 radical (unpaired) electrons. The van der Waals surface area contributed by atoms with Crippen LogP contribution in [0.3, 0.4) is 0 Å². The number of methoxy groups -OCH3 is 1. The third-order valence-electron chi connectivity index (χ3n) is 18.5. The van der Waals surface area contributed by atoms with Crippen LogP contribution in [-0.2, 0) is 18.9 Å². The third kappa shape index (κ3) is 41.5. The van der Waals surface area contributed by atoms with Crippen molar-refractivity contribution in [1.82, 2.24) is 5.32 Å². The predicted octanol–water partition coefficient (Wildman–Crippen LogP) is 24.3. The third-order valence-corrected chi connectivity index (χ3v) is 18.5. The van der Waals surface area contributed by atoms with Crippen LogP contribution in [0.4, 0.5) is 4.79 Å². The van der Waals surface area contributed by atoms with E-state index in [9.17, 15) is 4.79 Å². The first-order chi connectivity index (χ1) is 42.5. The second-order valence-corrected chi connectivity index (χ2v) is 26.4. The van der Waals surface area contributed by atoms with E-state index in [-0.39, 0.29) is 30.3 Å². The molecule has 86 heavy (non-hydrogen) atoms. The lowest BCUT2D eigenvalue weighted by Gasteiger charge is -2.41. The van der Waals surface area contributed by atoms with Gasteiger partial charge in [-0.1, -0.05) is 334 Å². The molecule has 1 aliphatic rings. The van der Waals surface area contributed by atoms with Gasteiger partial charge in [0.15, 0.2) is 0 Å². The fraction of sp³-hybridized carbons (Fsp3) is 0.833. The molecule has 3 rings (SSSR count). The number of unbranched alkanes of at least 4 members (excludes halogenated alkanes) is 45. The SMILES string of the molecule is CCCCCCCCCCCCCCCCCCOC1CC(COc2ccc(C(NC(=O)OCC)c3ccc(OC)cc3)cc2)CC(OCCCCCCCCCCCCCCCCCC)C1OCCCCCCCCCCCCCCCCCC. The summed E-state index contributed by atoms with van der Waals surface area (Å²) >= 11 is 0. The molecule has 0 heterocycles. The molecule has 0 aromatic heterocycles. The Kier molecular flexibility index (Phi) is 51.6. The zero-order chi connectivity index (χ0) is 61.3. The summed E-state index contributed by atoms with van der Waals surface area (Å²) < 4.78 is 38.4. The van der Waals surface area contributed by atoms with Crippen LogP contribution in [-0.4, -0.2) is 64.5 Å². The molecular formula is C78H139NO7. The number of ether oxygens (including phenoxy) is 6. The lowest BCUT2D eigenvalue weighted by atomic mass is 9.83. The quantitative estimate of drug-likeness (QED) is 0.0661. The Morgan fingerprint density at radius 3 is 0.953 bits per heavy atom. The number of carbonyl (C=O) groups is 1. The fourth-order valence-electron chi connectivity index (χ4n) is 13.0. The van der Waals surface area contributed by atoms with Gasteiger partial charge in [-0.3, -0.25) is 0 Å². The van der Waals surface area contributed by atoms with Crippen molar-refractivity contribution < 1.29 is 33.2 Å². The van der Waals surface area contributed by atoms with Gasteiger partial charge in [0.25, 0.3) is 0 Å². The van der Waals surface area contributed by atoms with Crippen LogP contribution in [0.25, 0.3) is 0 Å². The molecule has 8 heteroatoms. The number of alkyl carbamates (subject to hydrolysis) is 1. The van der Waals surface area contributed by atoms with Gasteiger partial charge in [-0.2, -0.15) is 0 Å². The molecule has 1 fully saturated rings. The maximum Gasteiger partial charge on any atom is 0.407 e. The van der Waals surface area contributed by atoms with Crippen molar-refractivity contribution in [2.75, 3.05) is 40.1 Å². The molecule has 2 aromatic rings. The Morgan fingerprint density at radius 2 is 0.663 bits per heavy atom. The zero-order valence-electron chi connectivity index (χ0n) is 57.3. The zero-order valence-corrected chi connectivity index (χ0v) is 57.3. The number of nitrogens with one attached hydrogen (secondary N) is 1. The van der Waals surface area contributed by atoms with E-state index >= 15 is 0 Å². The Hall–Kier alpha value is -2.81. The Labute approximate surface area is 532 Å². The van der Waals surface area contributed by atoms with Crippen LogP contribution >= 0.6 is 0 Å². The molecule has 8 nitrogen and oxygen atoms in total. The van der Waals surface area contributed by atoms with Gasteiger partial charge in [0.2, 0.25) is 0 Å². The van der Waals surface area contributed by atoms with Crippen LogP contribution in [0.1, 0.15) is 366 Å². The number of carbonyl (C=O) groups excluding carboxylic acids is 1. The lowest BCUT2D eigenvalue weighted by molar-refractivity contribution is -0.172. The van der Waals surface area contributed by atoms with E-state index in [2.05, 4.69) is 26.1 Å². The summed E-state index contributed by atoms with van der Waals surface area (Å²) in [6.45, 7) is 12.0. The highest BCUT2D eigenvalue weighted by molar-refractivity contribution is 5.68. The summed E-state index contributed by atoms with van der Waals surface area (Å²) in [5, 5.41) is 3.07. The number of hydrogen-bond acceptors (Lipinski definition) is 7. The topological polar surface area (TPSA) is 84.5 Å². The molecule has 1 saturated carbocycles. The monoisotopic (exact) mass is 1200 g/mol.